The molecule has 0 aliphatic rings. The second kappa shape index (κ2) is 5.84. The van der Waals surface area contributed by atoms with E-state index in [-0.39, 0.29) is 0 Å². The van der Waals surface area contributed by atoms with Gasteiger partial charge in [-0.25, -0.2) is 0 Å². The fourth-order valence-corrected chi connectivity index (χ4v) is 0.769. The van der Waals surface area contributed by atoms with Crippen molar-refractivity contribution < 1.29 is 0 Å². The molecule has 0 saturated carbocycles. The molecule has 68 valence electrons. The van der Waals surface area contributed by atoms with E-state index in [0.717, 1.165) is 5.70 Å². The lowest BCUT2D eigenvalue weighted by molar-refractivity contribution is 1.12. The Morgan fingerprint density at radius 1 is 1.42 bits per heavy atom. The van der Waals surface area contributed by atoms with Gasteiger partial charge in [-0.1, -0.05) is 11.6 Å². The Morgan fingerprint density at radius 3 is 2.33 bits per heavy atom. The molecule has 0 aromatic rings. The van der Waals surface area contributed by atoms with Crippen LogP contribution in [0.2, 0.25) is 0 Å². The number of nitrogens with one attached hydrogen (secondary N) is 1. The van der Waals surface area contributed by atoms with Gasteiger partial charge < -0.3 is 5.32 Å². The second-order valence-corrected chi connectivity index (χ2v) is 2.91. The third-order valence-corrected chi connectivity index (χ3v) is 1.57. The second-order valence-electron chi connectivity index (χ2n) is 2.55. The number of nitrogens with zero attached hydrogens (tertiary/aromatic N) is 1. The minimum absolute atomic E-state index is 0.407. The maximum Gasteiger partial charge on any atom is 0.195 e. The lowest BCUT2D eigenvalue weighted by Gasteiger charge is -2.05. The Hall–Kier alpha value is -0.760. The van der Waals surface area contributed by atoms with Crippen LogP contribution >= 0.6 is 11.6 Å². The van der Waals surface area contributed by atoms with Crippen LogP contribution in [0.3, 0.4) is 0 Å². The minimum atomic E-state index is 0.407. The first-order valence-corrected chi connectivity index (χ1v) is 4.19. The highest BCUT2D eigenvalue weighted by molar-refractivity contribution is 6.64. The molecule has 0 amide bonds. The van der Waals surface area contributed by atoms with Crippen molar-refractivity contribution >= 4 is 16.9 Å². The summed E-state index contributed by atoms with van der Waals surface area (Å²) in [7, 11) is 1.65. The van der Waals surface area contributed by atoms with Gasteiger partial charge >= 0.3 is 0 Å². The van der Waals surface area contributed by atoms with Crippen LogP contribution in [0.4, 0.5) is 0 Å². The van der Waals surface area contributed by atoms with E-state index in [9.17, 15) is 0 Å². The highest BCUT2D eigenvalue weighted by Gasteiger charge is 1.96. The Morgan fingerprint density at radius 2 is 2.00 bits per heavy atom. The van der Waals surface area contributed by atoms with Crippen LogP contribution in [0, 0.1) is 0 Å². The van der Waals surface area contributed by atoms with Crippen LogP contribution in [0.5, 0.6) is 0 Å². The molecule has 12 heavy (non-hydrogen) atoms. The summed E-state index contributed by atoms with van der Waals surface area (Å²) in [6.07, 6.45) is 3.91. The fraction of sp³-hybridized carbons (Fsp3) is 0.444. The molecule has 1 N–H and O–H groups in total. The molecular formula is C9H15ClN2. The van der Waals surface area contributed by atoms with Gasteiger partial charge in [0.1, 0.15) is 0 Å². The van der Waals surface area contributed by atoms with Gasteiger partial charge in [-0.15, -0.1) is 0 Å². The smallest absolute Gasteiger partial charge is 0.195 e. The number of rotatable bonds is 2. The topological polar surface area (TPSA) is 24.4 Å². The Kier molecular flexibility index (Phi) is 5.47. The number of amidine groups is 1. The molecule has 0 aromatic carbocycles. The van der Waals surface area contributed by atoms with Crippen LogP contribution in [-0.4, -0.2) is 12.3 Å². The molecule has 0 aliphatic carbocycles. The maximum atomic E-state index is 5.71. The Labute approximate surface area is 79.0 Å². The predicted octanol–water partition coefficient (Wildman–Crippen LogP) is 2.67. The Bertz CT molecular complexity index is 223. The van der Waals surface area contributed by atoms with E-state index >= 15 is 0 Å². The van der Waals surface area contributed by atoms with Crippen molar-refractivity contribution in [1.29, 1.82) is 0 Å². The van der Waals surface area contributed by atoms with Crippen molar-refractivity contribution in [2.75, 3.05) is 7.05 Å². The van der Waals surface area contributed by atoms with Crippen LogP contribution in [0.15, 0.2) is 28.4 Å². The molecule has 3 heteroatoms. The first-order chi connectivity index (χ1) is 5.61. The first-order valence-electron chi connectivity index (χ1n) is 3.81. The van der Waals surface area contributed by atoms with Gasteiger partial charge in [0, 0.05) is 12.7 Å². The Balaban J connectivity index is 4.47. The third-order valence-electron chi connectivity index (χ3n) is 1.31. The van der Waals surface area contributed by atoms with Gasteiger partial charge in [-0.3, -0.25) is 4.99 Å². The van der Waals surface area contributed by atoms with E-state index in [0.29, 0.717) is 5.29 Å². The molecule has 0 fully saturated rings. The van der Waals surface area contributed by atoms with Gasteiger partial charge in [-0.2, -0.15) is 0 Å². The largest absolute Gasteiger partial charge is 0.331 e. The van der Waals surface area contributed by atoms with E-state index in [1.807, 2.05) is 32.9 Å². The average Bonchev–Trinajstić information content (AvgIpc) is 2.03. The van der Waals surface area contributed by atoms with Crippen molar-refractivity contribution in [3.05, 3.63) is 23.4 Å². The summed E-state index contributed by atoms with van der Waals surface area (Å²) < 4.78 is 0. The molecule has 0 spiro atoms. The lowest BCUT2D eigenvalue weighted by Crippen LogP contribution is -2.17. The molecule has 0 aromatic heterocycles. The summed E-state index contributed by atoms with van der Waals surface area (Å²) in [5, 5.41) is 3.38. The summed E-state index contributed by atoms with van der Waals surface area (Å²) in [5.41, 5.74) is 2.17. The molecule has 2 nitrogen and oxygen atoms in total. The molecule has 0 heterocycles. The zero-order chi connectivity index (χ0) is 9.56. The summed E-state index contributed by atoms with van der Waals surface area (Å²) in [6, 6.07) is 0. The third kappa shape index (κ3) is 4.19. The molecule has 0 atom stereocenters. The van der Waals surface area contributed by atoms with Crippen LogP contribution < -0.4 is 5.32 Å². The normalized spacial score (nSPS) is 11.9. The standard InChI is InChI=1S/C9H15ClN2/c1-5-6-8(7(2)3)12-9(10)11-4/h5-6H,1-4H3,(H,11,12)/b6-5-. The molecule has 0 saturated heterocycles. The van der Waals surface area contributed by atoms with Crippen molar-refractivity contribution in [1.82, 2.24) is 5.32 Å². The van der Waals surface area contributed by atoms with E-state index < -0.39 is 0 Å². The molecule has 0 bridgehead atoms. The quantitative estimate of drug-likeness (QED) is 0.305. The number of halogens is 1. The first kappa shape index (κ1) is 11.2. The predicted molar refractivity (Wildman–Crippen MR) is 55.5 cm³/mol. The van der Waals surface area contributed by atoms with Gasteiger partial charge in [-0.05, 0) is 38.4 Å². The molecule has 0 radical (unpaired) electrons. The number of hydrogen-bond acceptors (Lipinski definition) is 1. The van der Waals surface area contributed by atoms with Gasteiger partial charge in [0.2, 0.25) is 0 Å². The van der Waals surface area contributed by atoms with E-state index in [2.05, 4.69) is 10.3 Å². The fourth-order valence-electron chi connectivity index (χ4n) is 0.667. The molecule has 0 rings (SSSR count). The number of hydrogen-bond donors (Lipinski definition) is 1. The number of aliphatic imine (C=N–C) groups is 1. The summed E-state index contributed by atoms with van der Waals surface area (Å²) in [4.78, 5) is 3.80. The van der Waals surface area contributed by atoms with E-state index in [4.69, 9.17) is 11.6 Å². The van der Waals surface area contributed by atoms with E-state index in [1.54, 1.807) is 7.05 Å². The average molecular weight is 187 g/mol. The van der Waals surface area contributed by atoms with Crippen LogP contribution in [-0.2, 0) is 0 Å². The summed E-state index contributed by atoms with van der Waals surface area (Å²) in [5.74, 6) is 0. The molecule has 0 aliphatic heterocycles. The van der Waals surface area contributed by atoms with Crippen molar-refractivity contribution in [3.8, 4) is 0 Å². The number of allylic oxidation sites excluding steroid dienone is 3. The van der Waals surface area contributed by atoms with E-state index in [1.165, 1.54) is 5.57 Å². The van der Waals surface area contributed by atoms with Crippen molar-refractivity contribution in [2.45, 2.75) is 20.8 Å². The zero-order valence-electron chi connectivity index (χ0n) is 7.98. The van der Waals surface area contributed by atoms with Gasteiger partial charge in [0.05, 0.1) is 0 Å². The zero-order valence-corrected chi connectivity index (χ0v) is 8.74. The van der Waals surface area contributed by atoms with Gasteiger partial charge in [0.25, 0.3) is 0 Å². The lowest BCUT2D eigenvalue weighted by atomic mass is 10.2. The van der Waals surface area contributed by atoms with Crippen molar-refractivity contribution in [3.63, 3.8) is 0 Å². The monoisotopic (exact) mass is 186 g/mol. The SMILES string of the molecule is C/C=C\C(NC(Cl)=NC)=C(C)C. The molecular weight excluding hydrogens is 172 g/mol. The van der Waals surface area contributed by atoms with Crippen LogP contribution in [0.1, 0.15) is 20.8 Å². The summed E-state index contributed by atoms with van der Waals surface area (Å²) >= 11 is 5.71. The minimum Gasteiger partial charge on any atom is -0.331 e. The summed E-state index contributed by atoms with van der Waals surface area (Å²) in [6.45, 7) is 5.99. The van der Waals surface area contributed by atoms with Crippen LogP contribution in [0.25, 0.3) is 0 Å². The van der Waals surface area contributed by atoms with Gasteiger partial charge in [0.15, 0.2) is 5.29 Å². The highest BCUT2D eigenvalue weighted by atomic mass is 35.5. The molecule has 0 unspecified atom stereocenters. The van der Waals surface area contributed by atoms with Crippen molar-refractivity contribution in [2.24, 2.45) is 4.99 Å². The highest BCUT2D eigenvalue weighted by Crippen LogP contribution is 2.02. The maximum absolute atomic E-state index is 5.71.